The SMILES string of the molecule is CCOc1cc(CNC2CC2)ccc1OCc1ccc(Cl)cc1Cl.Cl. The van der Waals surface area contributed by atoms with Gasteiger partial charge in [0.05, 0.1) is 6.61 Å². The topological polar surface area (TPSA) is 30.5 Å². The molecular formula is C19H22Cl3NO2. The fourth-order valence-electron chi connectivity index (χ4n) is 2.39. The Hall–Kier alpha value is -1.13. The summed E-state index contributed by atoms with van der Waals surface area (Å²) in [4.78, 5) is 0. The molecule has 1 saturated carbocycles. The minimum atomic E-state index is 0. The van der Waals surface area contributed by atoms with Crippen LogP contribution >= 0.6 is 35.6 Å². The Labute approximate surface area is 165 Å². The molecule has 0 amide bonds. The third-order valence-electron chi connectivity index (χ3n) is 3.88. The minimum Gasteiger partial charge on any atom is -0.490 e. The van der Waals surface area contributed by atoms with Crippen LogP contribution in [0.2, 0.25) is 10.0 Å². The second kappa shape index (κ2) is 9.54. The number of ether oxygens (including phenoxy) is 2. The Bertz CT molecular complexity index is 705. The standard InChI is InChI=1S/C19H21Cl2NO2.ClH/c1-2-23-19-9-13(11-22-16-6-7-16)3-8-18(19)24-12-14-4-5-15(20)10-17(14)21;/h3-5,8-10,16,22H,2,6-7,11-12H2,1H3;1H. The van der Waals surface area contributed by atoms with Gasteiger partial charge in [0.2, 0.25) is 0 Å². The van der Waals surface area contributed by atoms with Crippen LogP contribution in [0.25, 0.3) is 0 Å². The Morgan fingerprint density at radius 1 is 1.04 bits per heavy atom. The predicted octanol–water partition coefficient (Wildman–Crippen LogP) is 5.64. The maximum atomic E-state index is 6.19. The number of halogens is 3. The summed E-state index contributed by atoms with van der Waals surface area (Å²) in [5.41, 5.74) is 2.09. The van der Waals surface area contributed by atoms with E-state index in [0.29, 0.717) is 29.3 Å². The molecule has 3 rings (SSSR count). The van der Waals surface area contributed by atoms with Gasteiger partial charge in [0.15, 0.2) is 11.5 Å². The molecule has 0 spiro atoms. The highest BCUT2D eigenvalue weighted by molar-refractivity contribution is 6.35. The van der Waals surface area contributed by atoms with Crippen LogP contribution in [0.1, 0.15) is 30.9 Å². The second-order valence-electron chi connectivity index (χ2n) is 5.89. The zero-order chi connectivity index (χ0) is 16.9. The molecule has 0 heterocycles. The third kappa shape index (κ3) is 5.96. The first-order chi connectivity index (χ1) is 11.7. The van der Waals surface area contributed by atoms with Gasteiger partial charge < -0.3 is 14.8 Å². The summed E-state index contributed by atoms with van der Waals surface area (Å²) in [6.45, 7) is 3.79. The smallest absolute Gasteiger partial charge is 0.161 e. The van der Waals surface area contributed by atoms with Crippen LogP contribution in [0.4, 0.5) is 0 Å². The van der Waals surface area contributed by atoms with Crippen LogP contribution < -0.4 is 14.8 Å². The molecule has 0 saturated heterocycles. The van der Waals surface area contributed by atoms with Gasteiger partial charge in [0.25, 0.3) is 0 Å². The van der Waals surface area contributed by atoms with E-state index in [2.05, 4.69) is 11.4 Å². The van der Waals surface area contributed by atoms with Crippen LogP contribution in [0.15, 0.2) is 36.4 Å². The molecule has 1 aliphatic carbocycles. The molecular weight excluding hydrogens is 381 g/mol. The van der Waals surface area contributed by atoms with Crippen molar-refractivity contribution in [1.82, 2.24) is 5.32 Å². The summed E-state index contributed by atoms with van der Waals surface area (Å²) >= 11 is 12.1. The summed E-state index contributed by atoms with van der Waals surface area (Å²) in [6, 6.07) is 12.1. The fourth-order valence-corrected chi connectivity index (χ4v) is 2.86. The number of hydrogen-bond donors (Lipinski definition) is 1. The first kappa shape index (κ1) is 20.2. The Balaban J connectivity index is 0.00000225. The molecule has 25 heavy (non-hydrogen) atoms. The number of benzene rings is 2. The molecule has 0 atom stereocenters. The lowest BCUT2D eigenvalue weighted by Crippen LogP contribution is -2.15. The molecule has 0 unspecified atom stereocenters. The van der Waals surface area contributed by atoms with Gasteiger partial charge in [-0.15, -0.1) is 12.4 Å². The second-order valence-corrected chi connectivity index (χ2v) is 6.74. The van der Waals surface area contributed by atoms with Crippen molar-refractivity contribution in [3.05, 3.63) is 57.6 Å². The average molecular weight is 403 g/mol. The van der Waals surface area contributed by atoms with E-state index in [1.165, 1.54) is 18.4 Å². The summed E-state index contributed by atoms with van der Waals surface area (Å²) in [6.07, 6.45) is 2.56. The van der Waals surface area contributed by atoms with Crippen molar-refractivity contribution in [3.8, 4) is 11.5 Å². The van der Waals surface area contributed by atoms with Crippen molar-refractivity contribution in [1.29, 1.82) is 0 Å². The lowest BCUT2D eigenvalue weighted by molar-refractivity contribution is 0.269. The largest absolute Gasteiger partial charge is 0.490 e. The van der Waals surface area contributed by atoms with E-state index in [1.54, 1.807) is 6.07 Å². The quantitative estimate of drug-likeness (QED) is 0.619. The number of rotatable bonds is 8. The van der Waals surface area contributed by atoms with E-state index in [-0.39, 0.29) is 12.4 Å². The van der Waals surface area contributed by atoms with Crippen LogP contribution in [0.3, 0.4) is 0 Å². The predicted molar refractivity (Wildman–Crippen MR) is 106 cm³/mol. The van der Waals surface area contributed by atoms with Crippen LogP contribution in [0, 0.1) is 0 Å². The molecule has 0 aromatic heterocycles. The number of hydrogen-bond acceptors (Lipinski definition) is 3. The average Bonchev–Trinajstić information content (AvgIpc) is 3.38. The van der Waals surface area contributed by atoms with Crippen molar-refractivity contribution in [2.24, 2.45) is 0 Å². The fraction of sp³-hybridized carbons (Fsp3) is 0.368. The Morgan fingerprint density at radius 3 is 2.52 bits per heavy atom. The Morgan fingerprint density at radius 2 is 1.84 bits per heavy atom. The van der Waals surface area contributed by atoms with Gasteiger partial charge in [-0.2, -0.15) is 0 Å². The van der Waals surface area contributed by atoms with Crippen molar-refractivity contribution in [2.45, 2.75) is 39.0 Å². The van der Waals surface area contributed by atoms with Gasteiger partial charge in [-0.1, -0.05) is 35.3 Å². The zero-order valence-electron chi connectivity index (χ0n) is 14.1. The molecule has 2 aromatic rings. The van der Waals surface area contributed by atoms with E-state index < -0.39 is 0 Å². The lowest BCUT2D eigenvalue weighted by atomic mass is 10.2. The lowest BCUT2D eigenvalue weighted by Gasteiger charge is -2.14. The normalized spacial score (nSPS) is 13.2. The molecule has 3 nitrogen and oxygen atoms in total. The van der Waals surface area contributed by atoms with E-state index >= 15 is 0 Å². The maximum absolute atomic E-state index is 6.19. The molecule has 0 radical (unpaired) electrons. The summed E-state index contributed by atoms with van der Waals surface area (Å²) in [7, 11) is 0. The van der Waals surface area contributed by atoms with E-state index in [1.807, 2.05) is 31.2 Å². The van der Waals surface area contributed by atoms with Gasteiger partial charge >= 0.3 is 0 Å². The van der Waals surface area contributed by atoms with Gasteiger partial charge in [-0.05, 0) is 49.6 Å². The molecule has 6 heteroatoms. The molecule has 1 fully saturated rings. The molecule has 1 aliphatic rings. The van der Waals surface area contributed by atoms with Crippen LogP contribution in [0.5, 0.6) is 11.5 Å². The number of nitrogens with one attached hydrogen (secondary N) is 1. The summed E-state index contributed by atoms with van der Waals surface area (Å²) in [5.74, 6) is 1.48. The molecule has 0 bridgehead atoms. The minimum absolute atomic E-state index is 0. The third-order valence-corrected chi connectivity index (χ3v) is 4.47. The highest BCUT2D eigenvalue weighted by atomic mass is 35.5. The van der Waals surface area contributed by atoms with E-state index in [0.717, 1.165) is 23.6 Å². The van der Waals surface area contributed by atoms with Crippen LogP contribution in [-0.4, -0.2) is 12.6 Å². The zero-order valence-corrected chi connectivity index (χ0v) is 16.4. The maximum Gasteiger partial charge on any atom is 0.161 e. The molecule has 2 aromatic carbocycles. The highest BCUT2D eigenvalue weighted by Gasteiger charge is 2.20. The first-order valence-corrected chi connectivity index (χ1v) is 8.97. The van der Waals surface area contributed by atoms with Crippen molar-refractivity contribution in [2.75, 3.05) is 6.61 Å². The highest BCUT2D eigenvalue weighted by Crippen LogP contribution is 2.31. The van der Waals surface area contributed by atoms with Crippen LogP contribution in [-0.2, 0) is 13.2 Å². The molecule has 0 aliphatic heterocycles. The summed E-state index contributed by atoms with van der Waals surface area (Å²) in [5, 5.41) is 4.73. The van der Waals surface area contributed by atoms with Gasteiger partial charge in [0.1, 0.15) is 6.61 Å². The van der Waals surface area contributed by atoms with Gasteiger partial charge in [0, 0.05) is 28.2 Å². The van der Waals surface area contributed by atoms with Crippen molar-refractivity contribution < 1.29 is 9.47 Å². The molecule has 136 valence electrons. The van der Waals surface area contributed by atoms with Gasteiger partial charge in [-0.3, -0.25) is 0 Å². The molecule has 1 N–H and O–H groups in total. The van der Waals surface area contributed by atoms with Crippen molar-refractivity contribution >= 4 is 35.6 Å². The van der Waals surface area contributed by atoms with Gasteiger partial charge in [-0.25, -0.2) is 0 Å². The van der Waals surface area contributed by atoms with E-state index in [9.17, 15) is 0 Å². The monoisotopic (exact) mass is 401 g/mol. The first-order valence-electron chi connectivity index (χ1n) is 8.21. The van der Waals surface area contributed by atoms with Crippen molar-refractivity contribution in [3.63, 3.8) is 0 Å². The summed E-state index contributed by atoms with van der Waals surface area (Å²) < 4.78 is 11.6. The Kier molecular flexibility index (Phi) is 7.70. The van der Waals surface area contributed by atoms with E-state index in [4.69, 9.17) is 32.7 Å².